The molecule has 1 aliphatic heterocycles. The molecule has 3 rings (SSSR count). The summed E-state index contributed by atoms with van der Waals surface area (Å²) in [6, 6.07) is 2.03. The van der Waals surface area contributed by atoms with Crippen LogP contribution in [0.15, 0.2) is 23.9 Å². The van der Waals surface area contributed by atoms with Gasteiger partial charge in [-0.25, -0.2) is 0 Å². The average molecular weight is 301 g/mol. The molecule has 0 aromatic carbocycles. The van der Waals surface area contributed by atoms with Crippen LogP contribution >= 0.6 is 0 Å². The highest BCUT2D eigenvalue weighted by Crippen LogP contribution is 2.60. The Morgan fingerprint density at radius 2 is 2.23 bits per heavy atom. The predicted molar refractivity (Wildman–Crippen MR) is 87.3 cm³/mol. The topological polar surface area (TPSA) is 49.0 Å². The van der Waals surface area contributed by atoms with Crippen LogP contribution in [0.2, 0.25) is 0 Å². The average Bonchev–Trinajstić information content (AvgIpc) is 2.87. The number of carbonyl (C=O) groups excluding carboxylic acids is 1. The smallest absolute Gasteiger partial charge is 0.226 e. The molecule has 3 atom stereocenters. The Hall–Kier alpha value is -1.58. The van der Waals surface area contributed by atoms with Crippen LogP contribution in [0.3, 0.4) is 0 Å². The summed E-state index contributed by atoms with van der Waals surface area (Å²) in [7, 11) is 0. The van der Waals surface area contributed by atoms with E-state index in [9.17, 15) is 4.79 Å². The summed E-state index contributed by atoms with van der Waals surface area (Å²) < 4.78 is 0. The third-order valence-electron chi connectivity index (χ3n) is 5.38. The van der Waals surface area contributed by atoms with Gasteiger partial charge >= 0.3 is 0 Å². The summed E-state index contributed by atoms with van der Waals surface area (Å²) in [4.78, 5) is 15.0. The van der Waals surface area contributed by atoms with E-state index in [-0.39, 0.29) is 11.3 Å². The number of nitrogens with zero attached hydrogens (tertiary/aromatic N) is 2. The molecule has 1 N–H and O–H groups in total. The molecule has 1 saturated carbocycles. The Kier molecular flexibility index (Phi) is 3.87. The van der Waals surface area contributed by atoms with Crippen molar-refractivity contribution in [3.8, 4) is 0 Å². The number of carbonyl (C=O) groups is 1. The van der Waals surface area contributed by atoms with E-state index in [1.165, 1.54) is 5.57 Å². The Balaban J connectivity index is 1.69. The molecule has 0 bridgehead atoms. The second-order valence-electron chi connectivity index (χ2n) is 7.70. The van der Waals surface area contributed by atoms with Gasteiger partial charge in [-0.15, -0.1) is 0 Å². The molecule has 1 amide bonds. The predicted octanol–water partition coefficient (Wildman–Crippen LogP) is 3.35. The van der Waals surface area contributed by atoms with Gasteiger partial charge in [0.2, 0.25) is 5.91 Å². The lowest BCUT2D eigenvalue weighted by molar-refractivity contribution is -0.134. The van der Waals surface area contributed by atoms with Crippen LogP contribution in [0.5, 0.6) is 0 Å². The zero-order chi connectivity index (χ0) is 15.9. The zero-order valence-electron chi connectivity index (χ0n) is 14.1. The van der Waals surface area contributed by atoms with Crippen molar-refractivity contribution in [2.75, 3.05) is 13.1 Å². The van der Waals surface area contributed by atoms with E-state index in [1.807, 2.05) is 6.07 Å². The number of aromatic amines is 1. The number of hydrogen-bond acceptors (Lipinski definition) is 2. The lowest BCUT2D eigenvalue weighted by Crippen LogP contribution is -2.40. The fourth-order valence-corrected chi connectivity index (χ4v) is 3.94. The minimum Gasteiger partial charge on any atom is -0.342 e. The van der Waals surface area contributed by atoms with E-state index in [2.05, 4.69) is 48.9 Å². The molecule has 0 spiro atoms. The van der Waals surface area contributed by atoms with E-state index in [1.54, 1.807) is 6.20 Å². The molecule has 22 heavy (non-hydrogen) atoms. The largest absolute Gasteiger partial charge is 0.342 e. The third-order valence-corrected chi connectivity index (χ3v) is 5.38. The van der Waals surface area contributed by atoms with Gasteiger partial charge < -0.3 is 4.90 Å². The quantitative estimate of drug-likeness (QED) is 0.870. The van der Waals surface area contributed by atoms with Gasteiger partial charge in [-0.2, -0.15) is 5.10 Å². The molecule has 4 nitrogen and oxygen atoms in total. The van der Waals surface area contributed by atoms with Crippen LogP contribution in [0, 0.1) is 17.3 Å². The Labute approximate surface area is 133 Å². The SMILES string of the molecule is CC(C)=C[C@@H]1[C@@H](C(=O)N2CCC[C@@H](c3ccn[nH]3)C2)C1(C)C. The third kappa shape index (κ3) is 2.71. The van der Waals surface area contributed by atoms with Crippen molar-refractivity contribution in [3.05, 3.63) is 29.6 Å². The first-order valence-electron chi connectivity index (χ1n) is 8.34. The van der Waals surface area contributed by atoms with Gasteiger partial charge in [-0.3, -0.25) is 9.89 Å². The van der Waals surface area contributed by atoms with Gasteiger partial charge in [-0.05, 0) is 44.1 Å². The highest BCUT2D eigenvalue weighted by atomic mass is 16.2. The van der Waals surface area contributed by atoms with Crippen molar-refractivity contribution < 1.29 is 4.79 Å². The molecule has 2 fully saturated rings. The monoisotopic (exact) mass is 301 g/mol. The van der Waals surface area contributed by atoms with Crippen molar-refractivity contribution >= 4 is 5.91 Å². The number of rotatable bonds is 3. The van der Waals surface area contributed by atoms with E-state index in [0.717, 1.165) is 31.6 Å². The summed E-state index contributed by atoms with van der Waals surface area (Å²) in [6.45, 7) is 10.4. The van der Waals surface area contributed by atoms with Crippen molar-refractivity contribution in [3.63, 3.8) is 0 Å². The Bertz CT molecular complexity index is 569. The van der Waals surface area contributed by atoms with E-state index in [4.69, 9.17) is 0 Å². The Morgan fingerprint density at radius 3 is 2.86 bits per heavy atom. The second-order valence-corrected chi connectivity index (χ2v) is 7.70. The first kappa shape index (κ1) is 15.3. The summed E-state index contributed by atoms with van der Waals surface area (Å²) in [5.74, 6) is 1.31. The zero-order valence-corrected chi connectivity index (χ0v) is 14.1. The standard InChI is InChI=1S/C18H27N3O/c1-12(2)10-14-16(18(14,3)4)17(22)21-9-5-6-13(11-21)15-7-8-19-20-15/h7-8,10,13-14,16H,5-6,9,11H2,1-4H3,(H,19,20)/t13-,14-,16+/m1/s1. The maximum atomic E-state index is 13.0. The molecule has 2 heterocycles. The van der Waals surface area contributed by atoms with Gasteiger partial charge in [0.25, 0.3) is 0 Å². The number of aromatic nitrogens is 2. The van der Waals surface area contributed by atoms with Gasteiger partial charge in [0.1, 0.15) is 0 Å². The van der Waals surface area contributed by atoms with Gasteiger partial charge in [0.05, 0.1) is 5.92 Å². The van der Waals surface area contributed by atoms with Gasteiger partial charge in [0, 0.05) is 30.9 Å². The first-order valence-corrected chi connectivity index (χ1v) is 8.34. The molecule has 2 aliphatic rings. The molecule has 1 aromatic heterocycles. The number of H-pyrrole nitrogens is 1. The molecule has 0 radical (unpaired) electrons. The first-order chi connectivity index (χ1) is 10.4. The summed E-state index contributed by atoms with van der Waals surface area (Å²) in [6.07, 6.45) is 6.29. The molecule has 1 saturated heterocycles. The highest BCUT2D eigenvalue weighted by Gasteiger charge is 2.61. The number of likely N-dealkylation sites (tertiary alicyclic amines) is 1. The molecular weight excluding hydrogens is 274 g/mol. The van der Waals surface area contributed by atoms with Gasteiger partial charge in [0.15, 0.2) is 0 Å². The van der Waals surface area contributed by atoms with Gasteiger partial charge in [-0.1, -0.05) is 25.5 Å². The Morgan fingerprint density at radius 1 is 1.45 bits per heavy atom. The summed E-state index contributed by atoms with van der Waals surface area (Å²) in [5.41, 5.74) is 2.57. The number of allylic oxidation sites excluding steroid dienone is 2. The lowest BCUT2D eigenvalue weighted by atomic mass is 9.94. The number of hydrogen-bond donors (Lipinski definition) is 1. The van der Waals surface area contributed by atoms with Crippen LogP contribution in [0.4, 0.5) is 0 Å². The van der Waals surface area contributed by atoms with E-state index in [0.29, 0.717) is 17.7 Å². The molecule has 120 valence electrons. The summed E-state index contributed by atoms with van der Waals surface area (Å²) >= 11 is 0. The van der Waals surface area contributed by atoms with E-state index >= 15 is 0 Å². The normalized spacial score (nSPS) is 30.0. The minimum absolute atomic E-state index is 0.106. The van der Waals surface area contributed by atoms with Crippen molar-refractivity contribution in [2.24, 2.45) is 17.3 Å². The maximum Gasteiger partial charge on any atom is 0.226 e. The van der Waals surface area contributed by atoms with Crippen LogP contribution in [-0.2, 0) is 4.79 Å². The maximum absolute atomic E-state index is 13.0. The molecule has 0 unspecified atom stereocenters. The van der Waals surface area contributed by atoms with Crippen LogP contribution < -0.4 is 0 Å². The number of piperidine rings is 1. The van der Waals surface area contributed by atoms with E-state index < -0.39 is 0 Å². The van der Waals surface area contributed by atoms with Crippen molar-refractivity contribution in [1.29, 1.82) is 0 Å². The van der Waals surface area contributed by atoms with Crippen LogP contribution in [0.25, 0.3) is 0 Å². The number of amides is 1. The van der Waals surface area contributed by atoms with Crippen molar-refractivity contribution in [1.82, 2.24) is 15.1 Å². The fourth-order valence-electron chi connectivity index (χ4n) is 3.94. The van der Waals surface area contributed by atoms with Crippen LogP contribution in [-0.4, -0.2) is 34.1 Å². The van der Waals surface area contributed by atoms with Crippen LogP contribution in [0.1, 0.15) is 52.1 Å². The minimum atomic E-state index is 0.106. The molecular formula is C18H27N3O. The highest BCUT2D eigenvalue weighted by molar-refractivity contribution is 5.84. The second kappa shape index (κ2) is 5.56. The fraction of sp³-hybridized carbons (Fsp3) is 0.667. The van der Waals surface area contributed by atoms with Crippen molar-refractivity contribution in [2.45, 2.75) is 46.5 Å². The molecule has 1 aliphatic carbocycles. The summed E-state index contributed by atoms with van der Waals surface area (Å²) in [5, 5.41) is 7.11. The lowest BCUT2D eigenvalue weighted by Gasteiger charge is -2.32. The molecule has 1 aromatic rings. The number of nitrogens with one attached hydrogen (secondary N) is 1. The molecule has 4 heteroatoms.